The van der Waals surface area contributed by atoms with E-state index in [-0.39, 0.29) is 35.5 Å². The second-order valence-electron chi connectivity index (χ2n) is 6.03. The number of aliphatic carboxylic acids is 1. The van der Waals surface area contributed by atoms with Gasteiger partial charge in [-0.15, -0.1) is 0 Å². The van der Waals surface area contributed by atoms with Crippen molar-refractivity contribution in [1.29, 1.82) is 0 Å². The van der Waals surface area contributed by atoms with Crippen molar-refractivity contribution in [1.82, 2.24) is 4.98 Å². The third-order valence-electron chi connectivity index (χ3n) is 4.17. The molecule has 0 saturated carbocycles. The Hall–Kier alpha value is -3.28. The first kappa shape index (κ1) is 17.5. The first-order valence-corrected chi connectivity index (χ1v) is 8.03. The molecule has 0 aliphatic carbocycles. The molecule has 2 aromatic carbocycles. The van der Waals surface area contributed by atoms with E-state index in [0.29, 0.717) is 23.7 Å². The summed E-state index contributed by atoms with van der Waals surface area (Å²) < 4.78 is 13.0. The molecule has 0 unspecified atom stereocenters. The first-order chi connectivity index (χ1) is 12.5. The normalized spacial score (nSPS) is 10.8. The molecule has 3 rings (SSSR count). The SMILES string of the molecule is O=Cc1cc(CCC(=O)O)c2cc(Cc3ccc(F)cc3)cnc2c1O. The molecule has 0 aliphatic rings. The van der Waals surface area contributed by atoms with E-state index in [4.69, 9.17) is 5.11 Å². The molecule has 0 amide bonds. The van der Waals surface area contributed by atoms with Gasteiger partial charge in [0.15, 0.2) is 12.0 Å². The minimum Gasteiger partial charge on any atom is -0.505 e. The summed E-state index contributed by atoms with van der Waals surface area (Å²) in [5.41, 5.74) is 2.71. The van der Waals surface area contributed by atoms with Crippen LogP contribution in [0.25, 0.3) is 10.9 Å². The molecule has 1 aromatic heterocycles. The summed E-state index contributed by atoms with van der Waals surface area (Å²) in [7, 11) is 0. The molecule has 0 saturated heterocycles. The molecule has 6 heteroatoms. The molecule has 0 radical (unpaired) electrons. The van der Waals surface area contributed by atoms with Crippen LogP contribution in [0.1, 0.15) is 33.5 Å². The molecule has 3 aromatic rings. The van der Waals surface area contributed by atoms with E-state index in [0.717, 1.165) is 11.1 Å². The second kappa shape index (κ2) is 7.31. The Labute approximate surface area is 148 Å². The predicted octanol–water partition coefficient (Wildman–Crippen LogP) is 3.50. The Morgan fingerprint density at radius 1 is 1.15 bits per heavy atom. The van der Waals surface area contributed by atoms with Crippen LogP contribution in [0.15, 0.2) is 42.6 Å². The van der Waals surface area contributed by atoms with Crippen LogP contribution in [0.2, 0.25) is 0 Å². The van der Waals surface area contributed by atoms with Crippen molar-refractivity contribution >= 4 is 23.2 Å². The first-order valence-electron chi connectivity index (χ1n) is 8.03. The van der Waals surface area contributed by atoms with Gasteiger partial charge in [-0.25, -0.2) is 4.39 Å². The average molecular weight is 353 g/mol. The number of aromatic hydroxyl groups is 1. The molecule has 1 heterocycles. The van der Waals surface area contributed by atoms with Crippen LogP contribution in [-0.4, -0.2) is 27.5 Å². The number of pyridine rings is 1. The number of carboxylic acid groups (broad SMARTS) is 1. The molecular weight excluding hydrogens is 337 g/mol. The maximum atomic E-state index is 13.0. The number of benzene rings is 2. The Morgan fingerprint density at radius 3 is 2.54 bits per heavy atom. The number of halogens is 1. The van der Waals surface area contributed by atoms with E-state index in [1.807, 2.05) is 6.07 Å². The lowest BCUT2D eigenvalue weighted by Crippen LogP contribution is -2.01. The quantitative estimate of drug-likeness (QED) is 0.662. The Bertz CT molecular complexity index is 983. The van der Waals surface area contributed by atoms with Crippen molar-refractivity contribution in [2.45, 2.75) is 19.3 Å². The summed E-state index contributed by atoms with van der Waals surface area (Å²) in [5.74, 6) is -1.48. The van der Waals surface area contributed by atoms with Crippen molar-refractivity contribution in [3.8, 4) is 5.75 Å². The monoisotopic (exact) mass is 353 g/mol. The van der Waals surface area contributed by atoms with E-state index < -0.39 is 5.97 Å². The van der Waals surface area contributed by atoms with Gasteiger partial charge in [0.2, 0.25) is 0 Å². The molecule has 5 nitrogen and oxygen atoms in total. The van der Waals surface area contributed by atoms with Crippen LogP contribution in [0.5, 0.6) is 5.75 Å². The van der Waals surface area contributed by atoms with E-state index in [2.05, 4.69) is 4.98 Å². The van der Waals surface area contributed by atoms with Crippen molar-refractivity contribution in [3.63, 3.8) is 0 Å². The standard InChI is InChI=1S/C20H16FNO4/c21-16-4-1-12(2-5-16)7-13-8-17-14(3-6-18(24)25)9-15(11-23)20(26)19(17)22-10-13/h1-2,4-5,8-11,26H,3,6-7H2,(H,24,25). The fraction of sp³-hybridized carbons (Fsp3) is 0.150. The number of carboxylic acids is 1. The summed E-state index contributed by atoms with van der Waals surface area (Å²) in [6.07, 6.45) is 2.74. The molecule has 0 bridgehead atoms. The highest BCUT2D eigenvalue weighted by molar-refractivity contribution is 5.96. The van der Waals surface area contributed by atoms with E-state index >= 15 is 0 Å². The van der Waals surface area contributed by atoms with Gasteiger partial charge in [0.25, 0.3) is 0 Å². The maximum Gasteiger partial charge on any atom is 0.303 e. The minimum absolute atomic E-state index is 0.0803. The Morgan fingerprint density at radius 2 is 1.88 bits per heavy atom. The largest absolute Gasteiger partial charge is 0.505 e. The minimum atomic E-state index is -0.950. The average Bonchev–Trinajstić information content (AvgIpc) is 2.63. The summed E-state index contributed by atoms with van der Waals surface area (Å²) in [6.45, 7) is 0. The predicted molar refractivity (Wildman–Crippen MR) is 94.0 cm³/mol. The fourth-order valence-electron chi connectivity index (χ4n) is 2.88. The molecule has 26 heavy (non-hydrogen) atoms. The van der Waals surface area contributed by atoms with E-state index in [9.17, 15) is 19.1 Å². The second-order valence-corrected chi connectivity index (χ2v) is 6.03. The zero-order valence-corrected chi connectivity index (χ0v) is 13.8. The highest BCUT2D eigenvalue weighted by Gasteiger charge is 2.14. The number of carbonyl (C=O) groups excluding carboxylic acids is 1. The van der Waals surface area contributed by atoms with Crippen LogP contribution >= 0.6 is 0 Å². The van der Waals surface area contributed by atoms with Crippen LogP contribution in [0.3, 0.4) is 0 Å². The third-order valence-corrected chi connectivity index (χ3v) is 4.17. The lowest BCUT2D eigenvalue weighted by atomic mass is 9.97. The molecule has 0 atom stereocenters. The van der Waals surface area contributed by atoms with Crippen molar-refractivity contribution in [3.05, 3.63) is 70.7 Å². The van der Waals surface area contributed by atoms with Gasteiger partial charge in [-0.3, -0.25) is 14.6 Å². The zero-order valence-electron chi connectivity index (χ0n) is 13.8. The molecule has 0 fully saturated rings. The van der Waals surface area contributed by atoms with Gasteiger partial charge in [0.05, 0.1) is 5.56 Å². The van der Waals surface area contributed by atoms with Gasteiger partial charge < -0.3 is 10.2 Å². The topological polar surface area (TPSA) is 87.5 Å². The number of nitrogens with zero attached hydrogens (tertiary/aromatic N) is 1. The third kappa shape index (κ3) is 3.69. The van der Waals surface area contributed by atoms with E-state index in [1.165, 1.54) is 18.2 Å². The number of aldehydes is 1. The van der Waals surface area contributed by atoms with Crippen LogP contribution in [0.4, 0.5) is 4.39 Å². The van der Waals surface area contributed by atoms with Gasteiger partial charge in [-0.2, -0.15) is 0 Å². The lowest BCUT2D eigenvalue weighted by molar-refractivity contribution is -0.136. The molecule has 0 spiro atoms. The number of carbonyl (C=O) groups is 2. The highest BCUT2D eigenvalue weighted by Crippen LogP contribution is 2.31. The van der Waals surface area contributed by atoms with Gasteiger partial charge in [0, 0.05) is 18.0 Å². The fourth-order valence-corrected chi connectivity index (χ4v) is 2.88. The molecule has 132 valence electrons. The Kier molecular flexibility index (Phi) is 4.93. The van der Waals surface area contributed by atoms with Crippen molar-refractivity contribution < 1.29 is 24.2 Å². The van der Waals surface area contributed by atoms with Crippen LogP contribution in [-0.2, 0) is 17.6 Å². The summed E-state index contributed by atoms with van der Waals surface area (Å²) in [4.78, 5) is 26.3. The van der Waals surface area contributed by atoms with E-state index in [1.54, 1.807) is 18.3 Å². The van der Waals surface area contributed by atoms with Crippen LogP contribution < -0.4 is 0 Å². The number of phenolic OH excluding ortho intramolecular Hbond substituents is 1. The number of aryl methyl sites for hydroxylation is 1. The van der Waals surface area contributed by atoms with Gasteiger partial charge >= 0.3 is 5.97 Å². The summed E-state index contributed by atoms with van der Waals surface area (Å²) in [6, 6.07) is 9.43. The number of aromatic nitrogens is 1. The molecular formula is C20H16FNO4. The number of rotatable bonds is 6. The van der Waals surface area contributed by atoms with Crippen LogP contribution in [0, 0.1) is 5.82 Å². The molecule has 2 N–H and O–H groups in total. The smallest absolute Gasteiger partial charge is 0.303 e. The van der Waals surface area contributed by atoms with Gasteiger partial charge in [-0.05, 0) is 53.8 Å². The van der Waals surface area contributed by atoms with Gasteiger partial charge in [-0.1, -0.05) is 12.1 Å². The lowest BCUT2D eigenvalue weighted by Gasteiger charge is -2.11. The summed E-state index contributed by atoms with van der Waals surface area (Å²) in [5, 5.41) is 19.8. The number of phenols is 1. The maximum absolute atomic E-state index is 13.0. The number of fused-ring (bicyclic) bond motifs is 1. The van der Waals surface area contributed by atoms with Crippen molar-refractivity contribution in [2.24, 2.45) is 0 Å². The number of hydrogen-bond donors (Lipinski definition) is 2. The van der Waals surface area contributed by atoms with Crippen molar-refractivity contribution in [2.75, 3.05) is 0 Å². The summed E-state index contributed by atoms with van der Waals surface area (Å²) >= 11 is 0. The molecule has 0 aliphatic heterocycles. The highest BCUT2D eigenvalue weighted by atomic mass is 19.1. The number of hydrogen-bond acceptors (Lipinski definition) is 4. The van der Waals surface area contributed by atoms with Gasteiger partial charge in [0.1, 0.15) is 11.3 Å². The zero-order chi connectivity index (χ0) is 18.7. The Balaban J connectivity index is 2.05.